The van der Waals surface area contributed by atoms with Gasteiger partial charge in [-0.2, -0.15) is 12.1 Å². The van der Waals surface area contributed by atoms with E-state index < -0.39 is 0 Å². The minimum atomic E-state index is -0.0760. The van der Waals surface area contributed by atoms with Crippen LogP contribution in [0.3, 0.4) is 0 Å². The Morgan fingerprint density at radius 2 is 1.14 bits per heavy atom. The zero-order chi connectivity index (χ0) is 49.7. The maximum atomic E-state index is 6.78. The molecule has 8 aromatic carbocycles. The van der Waals surface area contributed by atoms with Crippen molar-refractivity contribution in [2.24, 2.45) is 0 Å². The molecule has 0 radical (unpaired) electrons. The number of ether oxygens (including phenoxy) is 1. The Hall–Kier alpha value is -7.40. The van der Waals surface area contributed by atoms with Gasteiger partial charge in [-0.05, 0) is 79.8 Å². The number of pyridine rings is 1. The summed E-state index contributed by atoms with van der Waals surface area (Å²) in [6.07, 6.45) is 1.90. The Labute approximate surface area is 443 Å². The number of anilines is 4. The van der Waals surface area contributed by atoms with E-state index in [2.05, 4.69) is 235 Å². The SMILES string of the molecule is CC(C)(C)c1cc(-c2cccc(-c3ccccc3)c2N2[CH-]N(c3[c-]c(Oc4[c-]c5c(cc4)c4cc6c(cc4n5-c4cc(C(C)(C)C)ccn4)oc4ccccc46)ccc3)c3ccccc32)cc(C(C)(C)C)c1.[Pt]. The molecule has 366 valence electrons. The van der Waals surface area contributed by atoms with Crippen LogP contribution < -0.4 is 14.5 Å². The minimum absolute atomic E-state index is 0. The van der Waals surface area contributed by atoms with E-state index in [1.54, 1.807) is 0 Å². The summed E-state index contributed by atoms with van der Waals surface area (Å²) in [5.74, 6) is 1.95. The molecule has 11 aromatic rings. The first-order valence-electron chi connectivity index (χ1n) is 24.9. The van der Waals surface area contributed by atoms with Gasteiger partial charge in [0.05, 0.1) is 0 Å². The van der Waals surface area contributed by atoms with Crippen LogP contribution in [0.4, 0.5) is 22.7 Å². The second-order valence-electron chi connectivity index (χ2n) is 22.3. The molecule has 1 aliphatic rings. The predicted molar refractivity (Wildman–Crippen MR) is 298 cm³/mol. The van der Waals surface area contributed by atoms with Gasteiger partial charge in [0.1, 0.15) is 17.0 Å². The van der Waals surface area contributed by atoms with Gasteiger partial charge in [-0.15, -0.1) is 48.1 Å². The molecule has 12 rings (SSSR count). The first-order chi connectivity index (χ1) is 34.6. The van der Waals surface area contributed by atoms with Gasteiger partial charge in [0.15, 0.2) is 0 Å². The maximum Gasteiger partial charge on any atom is 0.137 e. The molecule has 6 nitrogen and oxygen atoms in total. The summed E-state index contributed by atoms with van der Waals surface area (Å²) < 4.78 is 15.4. The summed E-state index contributed by atoms with van der Waals surface area (Å²) in [6, 6.07) is 67.7. The number of fused-ring (bicyclic) bond motifs is 7. The number of furan rings is 1. The molecule has 0 saturated carbocycles. The first-order valence-corrected chi connectivity index (χ1v) is 24.9. The zero-order valence-corrected chi connectivity index (χ0v) is 45.0. The van der Waals surface area contributed by atoms with E-state index in [1.807, 2.05) is 36.5 Å². The van der Waals surface area contributed by atoms with Crippen molar-refractivity contribution in [2.75, 3.05) is 9.80 Å². The van der Waals surface area contributed by atoms with Crippen molar-refractivity contribution in [1.82, 2.24) is 9.55 Å². The second-order valence-corrected chi connectivity index (χ2v) is 22.3. The average Bonchev–Trinajstić information content (AvgIpc) is 4.04. The normalized spacial score (nSPS) is 13.1. The van der Waals surface area contributed by atoms with E-state index in [9.17, 15) is 0 Å². The molecule has 0 fully saturated rings. The zero-order valence-electron chi connectivity index (χ0n) is 42.7. The van der Waals surface area contributed by atoms with Crippen LogP contribution in [-0.4, -0.2) is 9.55 Å². The molecular weight excluding hydrogens is 1080 g/mol. The van der Waals surface area contributed by atoms with Crippen LogP contribution in [0.15, 0.2) is 180 Å². The molecule has 73 heavy (non-hydrogen) atoms. The van der Waals surface area contributed by atoms with E-state index in [0.717, 1.165) is 89.0 Å². The monoisotopic (exact) mass is 1130 g/mol. The number of nitrogens with zero attached hydrogens (tertiary/aromatic N) is 4. The third kappa shape index (κ3) is 8.60. The average molecular weight is 1130 g/mol. The van der Waals surface area contributed by atoms with Gasteiger partial charge in [0.25, 0.3) is 0 Å². The molecule has 4 heterocycles. The van der Waals surface area contributed by atoms with Crippen molar-refractivity contribution >= 4 is 66.5 Å². The van der Waals surface area contributed by atoms with E-state index >= 15 is 0 Å². The van der Waals surface area contributed by atoms with Crippen LogP contribution >= 0.6 is 0 Å². The topological polar surface area (TPSA) is 46.7 Å². The molecule has 3 aromatic heterocycles. The van der Waals surface area contributed by atoms with Gasteiger partial charge in [0.2, 0.25) is 0 Å². The van der Waals surface area contributed by atoms with E-state index in [4.69, 9.17) is 14.1 Å². The summed E-state index contributed by atoms with van der Waals surface area (Å²) in [5.41, 5.74) is 15.9. The summed E-state index contributed by atoms with van der Waals surface area (Å²) in [6.45, 7) is 22.7. The first kappa shape index (κ1) is 47.9. The fourth-order valence-electron chi connectivity index (χ4n) is 10.2. The van der Waals surface area contributed by atoms with Crippen LogP contribution in [0.5, 0.6) is 11.5 Å². The molecular formula is C66H57N4O2Pt-3. The van der Waals surface area contributed by atoms with Crippen molar-refractivity contribution < 1.29 is 30.2 Å². The molecule has 0 unspecified atom stereocenters. The van der Waals surface area contributed by atoms with Crippen molar-refractivity contribution in [3.63, 3.8) is 0 Å². The van der Waals surface area contributed by atoms with Crippen LogP contribution in [0.2, 0.25) is 0 Å². The number of aromatic nitrogens is 2. The fourth-order valence-corrected chi connectivity index (χ4v) is 10.2. The standard InChI is InChI=1S/C66H57N4O2.Pt/c1-64(2,3)44-31-32-67-62(36-44)70-58-38-49(29-30-52(58)54-39-55-53-23-13-16-28-60(53)72-61(55)40-59(54)70)71-48-22-17-21-47(37-48)68-41-69(57-27-15-14-26-56(57)68)63-50(42-19-11-10-12-20-42)24-18-25-51(63)43-33-45(65(4,5)6)35-46(34-43)66(7,8)9;/h10-36,39-41H,1-9H3;/q-3;. The smallest absolute Gasteiger partial charge is 0.137 e. The van der Waals surface area contributed by atoms with Crippen molar-refractivity contribution in [1.29, 1.82) is 0 Å². The number of hydrogen-bond acceptors (Lipinski definition) is 5. The van der Waals surface area contributed by atoms with Gasteiger partial charge < -0.3 is 23.5 Å². The maximum absolute atomic E-state index is 6.78. The molecule has 7 heteroatoms. The van der Waals surface area contributed by atoms with Gasteiger partial charge in [-0.25, -0.2) is 4.98 Å². The van der Waals surface area contributed by atoms with E-state index in [0.29, 0.717) is 11.5 Å². The molecule has 0 aliphatic carbocycles. The van der Waals surface area contributed by atoms with Gasteiger partial charge in [-0.3, -0.25) is 0 Å². The number of benzene rings is 8. The molecule has 0 saturated heterocycles. The van der Waals surface area contributed by atoms with E-state index in [1.165, 1.54) is 22.3 Å². The summed E-state index contributed by atoms with van der Waals surface area (Å²) in [7, 11) is 0. The largest absolute Gasteiger partial charge is 0.509 e. The predicted octanol–water partition coefficient (Wildman–Crippen LogP) is 18.1. The summed E-state index contributed by atoms with van der Waals surface area (Å²) in [4.78, 5) is 9.54. The molecule has 0 atom stereocenters. The Morgan fingerprint density at radius 3 is 1.86 bits per heavy atom. The van der Waals surface area contributed by atoms with Crippen LogP contribution in [-0.2, 0) is 37.3 Å². The number of hydrogen-bond donors (Lipinski definition) is 0. The third-order valence-corrected chi connectivity index (χ3v) is 14.2. The van der Waals surface area contributed by atoms with Crippen LogP contribution in [0.1, 0.15) is 79.0 Å². The van der Waals surface area contributed by atoms with Gasteiger partial charge in [0, 0.05) is 89.3 Å². The molecule has 1 aliphatic heterocycles. The fraction of sp³-hybridized carbons (Fsp3) is 0.182. The van der Waals surface area contributed by atoms with E-state index in [-0.39, 0.29) is 37.3 Å². The van der Waals surface area contributed by atoms with Gasteiger partial charge >= 0.3 is 0 Å². The molecule has 0 bridgehead atoms. The van der Waals surface area contributed by atoms with Gasteiger partial charge in [-0.1, -0.05) is 171 Å². The Bertz CT molecular complexity index is 3870. The summed E-state index contributed by atoms with van der Waals surface area (Å²) in [5, 5.41) is 4.29. The Kier molecular flexibility index (Phi) is 11.8. The number of para-hydroxylation sites is 4. The Morgan fingerprint density at radius 1 is 0.493 bits per heavy atom. The minimum Gasteiger partial charge on any atom is -0.509 e. The Balaban J connectivity index is 0.00000574. The third-order valence-electron chi connectivity index (χ3n) is 14.2. The van der Waals surface area contributed by atoms with Crippen molar-refractivity contribution in [3.05, 3.63) is 212 Å². The van der Waals surface area contributed by atoms with Crippen LogP contribution in [0.25, 0.3) is 71.8 Å². The molecule has 0 amide bonds. The summed E-state index contributed by atoms with van der Waals surface area (Å²) >= 11 is 0. The quantitative estimate of drug-likeness (QED) is 0.149. The molecule has 0 N–H and O–H groups in total. The van der Waals surface area contributed by atoms with Crippen molar-refractivity contribution in [2.45, 2.75) is 78.6 Å². The number of rotatable bonds is 7. The second kappa shape index (κ2) is 18.0. The van der Waals surface area contributed by atoms with Crippen molar-refractivity contribution in [3.8, 4) is 39.6 Å². The van der Waals surface area contributed by atoms with Crippen LogP contribution in [0, 0.1) is 18.8 Å². The molecule has 0 spiro atoms.